The minimum Gasteiger partial charge on any atom is -0.479 e. The maximum atomic E-state index is 13.5. The number of aliphatic carboxylic acids is 1. The zero-order chi connectivity index (χ0) is 15.6. The summed E-state index contributed by atoms with van der Waals surface area (Å²) in [6, 6.07) is 2.90. The fourth-order valence-electron chi connectivity index (χ4n) is 2.24. The molecule has 2 rings (SSSR count). The van der Waals surface area contributed by atoms with E-state index in [0.29, 0.717) is 0 Å². The number of hydrogen-bond donors (Lipinski definition) is 1. The van der Waals surface area contributed by atoms with Gasteiger partial charge in [-0.25, -0.2) is 13.6 Å². The zero-order valence-corrected chi connectivity index (χ0v) is 11.4. The number of carboxylic acids is 1. The summed E-state index contributed by atoms with van der Waals surface area (Å²) < 4.78 is 31.8. The monoisotopic (exact) mass is 299 g/mol. The van der Waals surface area contributed by atoms with E-state index in [0.717, 1.165) is 18.2 Å². The van der Waals surface area contributed by atoms with Crippen molar-refractivity contribution in [1.29, 1.82) is 0 Å². The molecule has 1 amide bonds. The number of morpholine rings is 1. The first-order valence-corrected chi connectivity index (χ1v) is 6.46. The highest BCUT2D eigenvalue weighted by Gasteiger charge is 2.32. The second kappa shape index (κ2) is 6.17. The van der Waals surface area contributed by atoms with Crippen LogP contribution in [-0.2, 0) is 20.7 Å². The first-order chi connectivity index (χ1) is 9.86. The van der Waals surface area contributed by atoms with Gasteiger partial charge in [-0.3, -0.25) is 4.79 Å². The number of nitrogens with zero attached hydrogens (tertiary/aromatic N) is 1. The number of rotatable bonds is 3. The van der Waals surface area contributed by atoms with Crippen LogP contribution < -0.4 is 0 Å². The highest BCUT2D eigenvalue weighted by molar-refractivity contribution is 5.80. The van der Waals surface area contributed by atoms with Crippen LogP contribution in [0.3, 0.4) is 0 Å². The van der Waals surface area contributed by atoms with Crippen molar-refractivity contribution in [3.8, 4) is 0 Å². The van der Waals surface area contributed by atoms with E-state index in [9.17, 15) is 18.4 Å². The van der Waals surface area contributed by atoms with Crippen molar-refractivity contribution in [2.45, 2.75) is 25.6 Å². The SMILES string of the molecule is C[C@@H]1CN(C(=O)Cc2cc(F)ccc2F)CC(C(=O)O)O1. The largest absolute Gasteiger partial charge is 0.479 e. The van der Waals surface area contributed by atoms with E-state index in [1.54, 1.807) is 6.92 Å². The smallest absolute Gasteiger partial charge is 0.334 e. The van der Waals surface area contributed by atoms with Crippen molar-refractivity contribution in [2.24, 2.45) is 0 Å². The normalized spacial score (nSPS) is 22.1. The van der Waals surface area contributed by atoms with Crippen LogP contribution in [-0.4, -0.2) is 47.2 Å². The van der Waals surface area contributed by atoms with E-state index in [-0.39, 0.29) is 25.1 Å². The highest BCUT2D eigenvalue weighted by atomic mass is 19.1. The van der Waals surface area contributed by atoms with Gasteiger partial charge in [0.05, 0.1) is 19.1 Å². The van der Waals surface area contributed by atoms with E-state index < -0.39 is 35.7 Å². The van der Waals surface area contributed by atoms with E-state index in [1.807, 2.05) is 0 Å². The van der Waals surface area contributed by atoms with E-state index >= 15 is 0 Å². The maximum absolute atomic E-state index is 13.5. The van der Waals surface area contributed by atoms with E-state index in [4.69, 9.17) is 9.84 Å². The summed E-state index contributed by atoms with van der Waals surface area (Å²) in [7, 11) is 0. The topological polar surface area (TPSA) is 66.8 Å². The minimum absolute atomic E-state index is 0.0500. The predicted octanol–water partition coefficient (Wildman–Crippen LogP) is 1.21. The summed E-state index contributed by atoms with van der Waals surface area (Å²) in [6.07, 6.45) is -1.85. The number of carboxylic acid groups (broad SMARTS) is 1. The van der Waals surface area contributed by atoms with Gasteiger partial charge in [-0.2, -0.15) is 0 Å². The highest BCUT2D eigenvalue weighted by Crippen LogP contribution is 2.15. The molecule has 2 atom stereocenters. The van der Waals surface area contributed by atoms with Gasteiger partial charge in [0.1, 0.15) is 11.6 Å². The summed E-state index contributed by atoms with van der Waals surface area (Å²) in [5.74, 6) is -2.91. The van der Waals surface area contributed by atoms with Gasteiger partial charge >= 0.3 is 5.97 Å². The van der Waals surface area contributed by atoms with Gasteiger partial charge in [0, 0.05) is 12.1 Å². The van der Waals surface area contributed by atoms with Gasteiger partial charge in [0.25, 0.3) is 0 Å². The molecule has 114 valence electrons. The van der Waals surface area contributed by atoms with Crippen molar-refractivity contribution >= 4 is 11.9 Å². The summed E-state index contributed by atoms with van der Waals surface area (Å²) in [6.45, 7) is 1.77. The number of halogens is 2. The summed E-state index contributed by atoms with van der Waals surface area (Å²) in [5.41, 5.74) is -0.0500. The molecule has 1 aliphatic rings. The van der Waals surface area contributed by atoms with Crippen LogP contribution in [0.1, 0.15) is 12.5 Å². The van der Waals surface area contributed by atoms with Gasteiger partial charge in [0.2, 0.25) is 5.91 Å². The second-order valence-corrected chi connectivity index (χ2v) is 4.98. The van der Waals surface area contributed by atoms with Crippen LogP contribution in [0.2, 0.25) is 0 Å². The number of ether oxygens (including phenoxy) is 1. The molecule has 0 bridgehead atoms. The van der Waals surface area contributed by atoms with Crippen molar-refractivity contribution in [1.82, 2.24) is 4.90 Å². The Hall–Kier alpha value is -2.02. The predicted molar refractivity (Wildman–Crippen MR) is 68.6 cm³/mol. The first kappa shape index (κ1) is 15.4. The lowest BCUT2D eigenvalue weighted by Gasteiger charge is -2.35. The Kier molecular flexibility index (Phi) is 4.52. The zero-order valence-electron chi connectivity index (χ0n) is 11.4. The lowest BCUT2D eigenvalue weighted by Crippen LogP contribution is -2.52. The van der Waals surface area contributed by atoms with Crippen LogP contribution >= 0.6 is 0 Å². The summed E-state index contributed by atoms with van der Waals surface area (Å²) >= 11 is 0. The average Bonchev–Trinajstić information content (AvgIpc) is 2.42. The van der Waals surface area contributed by atoms with Crippen LogP contribution in [0.15, 0.2) is 18.2 Å². The van der Waals surface area contributed by atoms with Gasteiger partial charge in [-0.15, -0.1) is 0 Å². The van der Waals surface area contributed by atoms with Gasteiger partial charge in [0.15, 0.2) is 6.10 Å². The Morgan fingerprint density at radius 1 is 1.38 bits per heavy atom. The van der Waals surface area contributed by atoms with E-state index in [2.05, 4.69) is 0 Å². The molecule has 0 saturated carbocycles. The van der Waals surface area contributed by atoms with Gasteiger partial charge in [-0.1, -0.05) is 0 Å². The molecule has 1 fully saturated rings. The average molecular weight is 299 g/mol. The summed E-state index contributed by atoms with van der Waals surface area (Å²) in [4.78, 5) is 24.4. The lowest BCUT2D eigenvalue weighted by molar-refractivity contribution is -0.166. The van der Waals surface area contributed by atoms with Crippen LogP contribution in [0, 0.1) is 11.6 Å². The van der Waals surface area contributed by atoms with Crippen molar-refractivity contribution in [3.63, 3.8) is 0 Å². The molecule has 0 radical (unpaired) electrons. The molecule has 21 heavy (non-hydrogen) atoms. The molecule has 1 unspecified atom stereocenters. The molecule has 1 aromatic carbocycles. The molecule has 0 spiro atoms. The Balaban J connectivity index is 2.08. The quantitative estimate of drug-likeness (QED) is 0.911. The van der Waals surface area contributed by atoms with Crippen molar-refractivity contribution < 1.29 is 28.2 Å². The molecule has 1 saturated heterocycles. The Bertz CT molecular complexity index is 564. The van der Waals surface area contributed by atoms with Gasteiger partial charge in [-0.05, 0) is 25.1 Å². The molecular formula is C14H15F2NO4. The van der Waals surface area contributed by atoms with Crippen LogP contribution in [0.4, 0.5) is 8.78 Å². The third-order valence-electron chi connectivity index (χ3n) is 3.24. The number of carbonyl (C=O) groups excluding carboxylic acids is 1. The number of amides is 1. The number of benzene rings is 1. The van der Waals surface area contributed by atoms with Crippen LogP contribution in [0.5, 0.6) is 0 Å². The third kappa shape index (κ3) is 3.75. The fourth-order valence-corrected chi connectivity index (χ4v) is 2.24. The Morgan fingerprint density at radius 2 is 2.10 bits per heavy atom. The lowest BCUT2D eigenvalue weighted by atomic mass is 10.1. The first-order valence-electron chi connectivity index (χ1n) is 6.46. The number of carbonyl (C=O) groups is 2. The molecule has 7 heteroatoms. The molecule has 0 aliphatic carbocycles. The minimum atomic E-state index is -1.16. The molecule has 1 aromatic rings. The van der Waals surface area contributed by atoms with Crippen molar-refractivity contribution in [2.75, 3.05) is 13.1 Å². The van der Waals surface area contributed by atoms with Gasteiger partial charge < -0.3 is 14.7 Å². The molecule has 1 N–H and O–H groups in total. The molecule has 1 aliphatic heterocycles. The Labute approximate surface area is 120 Å². The standard InChI is InChI=1S/C14H15F2NO4/c1-8-6-17(7-12(21-8)14(19)20)13(18)5-9-4-10(15)2-3-11(9)16/h2-4,8,12H,5-7H2,1H3,(H,19,20)/t8-,12?/m1/s1. The fraction of sp³-hybridized carbons (Fsp3) is 0.429. The molecule has 1 heterocycles. The van der Waals surface area contributed by atoms with Crippen molar-refractivity contribution in [3.05, 3.63) is 35.4 Å². The number of hydrogen-bond acceptors (Lipinski definition) is 3. The third-order valence-corrected chi connectivity index (χ3v) is 3.24. The molecular weight excluding hydrogens is 284 g/mol. The maximum Gasteiger partial charge on any atom is 0.334 e. The second-order valence-electron chi connectivity index (χ2n) is 4.98. The summed E-state index contributed by atoms with van der Waals surface area (Å²) in [5, 5.41) is 8.95. The van der Waals surface area contributed by atoms with Crippen LogP contribution in [0.25, 0.3) is 0 Å². The molecule has 0 aromatic heterocycles. The Morgan fingerprint density at radius 3 is 2.76 bits per heavy atom. The van der Waals surface area contributed by atoms with E-state index in [1.165, 1.54) is 4.90 Å². The molecule has 5 nitrogen and oxygen atoms in total.